The summed E-state index contributed by atoms with van der Waals surface area (Å²) in [6.45, 7) is 22.5. The van der Waals surface area contributed by atoms with Gasteiger partial charge in [0.1, 0.15) is 0 Å². The van der Waals surface area contributed by atoms with Gasteiger partial charge < -0.3 is 4.57 Å². The molecule has 88 valence electrons. The van der Waals surface area contributed by atoms with Gasteiger partial charge in [-0.25, -0.2) is 4.98 Å². The molecule has 0 unspecified atom stereocenters. The average molecular weight is 318 g/mol. The molecule has 1 rings (SSSR count). The summed E-state index contributed by atoms with van der Waals surface area (Å²) in [6.07, 6.45) is 5.39. The summed E-state index contributed by atoms with van der Waals surface area (Å²) in [5, 5.41) is 0. The van der Waals surface area contributed by atoms with Gasteiger partial charge >= 0.3 is 56.5 Å². The first kappa shape index (κ1) is 36.1. The first-order chi connectivity index (χ1) is 7.89. The van der Waals surface area contributed by atoms with Crippen molar-refractivity contribution in [2.24, 2.45) is 7.05 Å². The van der Waals surface area contributed by atoms with E-state index in [1.54, 1.807) is 12.5 Å². The van der Waals surface area contributed by atoms with Gasteiger partial charge in [0.25, 0.3) is 0 Å². The van der Waals surface area contributed by atoms with Crippen molar-refractivity contribution in [1.82, 2.24) is 9.55 Å². The molecule has 0 saturated heterocycles. The quantitative estimate of drug-likeness (QED) is 0.380. The van der Waals surface area contributed by atoms with E-state index in [4.69, 9.17) is 23.3 Å². The van der Waals surface area contributed by atoms with Crippen LogP contribution >= 0.6 is 0 Å². The van der Waals surface area contributed by atoms with E-state index < -0.39 is 0 Å². The van der Waals surface area contributed by atoms with Gasteiger partial charge in [0.05, 0.1) is 6.33 Å². The normalized spacial score (nSPS) is 3.71. The monoisotopic (exact) mass is 320 g/mol. The maximum absolute atomic E-state index is 7.50. The van der Waals surface area contributed by atoms with Gasteiger partial charge in [-0.2, -0.15) is 0 Å². The predicted octanol–water partition coefficient (Wildman–Crippen LogP) is 0.230. The Hall–Kier alpha value is -1.40. The molecule has 17 heavy (non-hydrogen) atoms. The molecule has 0 aliphatic carbocycles. The Morgan fingerprint density at radius 3 is 1.18 bits per heavy atom. The molecule has 0 N–H and O–H groups in total. The second-order valence-corrected chi connectivity index (χ2v) is 1.23. The number of hydrogen-bond donors (Lipinski definition) is 0. The van der Waals surface area contributed by atoms with E-state index in [-0.39, 0.29) is 21.1 Å². The summed E-state index contributed by atoms with van der Waals surface area (Å²) in [4.78, 5) is 3.78. The molecule has 0 aromatic carbocycles. The molecule has 8 heteroatoms. The third kappa shape index (κ3) is 73.9. The number of rotatable bonds is 0. The van der Waals surface area contributed by atoms with Crippen LogP contribution in [0.25, 0.3) is 0 Å². The Labute approximate surface area is 113 Å². The van der Waals surface area contributed by atoms with Gasteiger partial charge in [0.2, 0.25) is 0 Å². The topological polar surface area (TPSA) is 117 Å². The van der Waals surface area contributed by atoms with Crippen molar-refractivity contribution < 1.29 is 44.3 Å². The van der Waals surface area contributed by atoms with Crippen LogP contribution in [0, 0.1) is 33.3 Å². The number of hydrogen-bond acceptors (Lipinski definition) is 1. The molecule has 0 amide bonds. The third-order valence-corrected chi connectivity index (χ3v) is 0.637. The van der Waals surface area contributed by atoms with Crippen molar-refractivity contribution in [3.63, 3.8) is 0 Å². The largest absolute Gasteiger partial charge is 0 e. The van der Waals surface area contributed by atoms with Crippen molar-refractivity contribution in [3.05, 3.63) is 52.0 Å². The van der Waals surface area contributed by atoms with E-state index in [9.17, 15) is 0 Å². The summed E-state index contributed by atoms with van der Waals surface area (Å²) in [6, 6.07) is 0. The molecule has 0 spiro atoms. The summed E-state index contributed by atoms with van der Waals surface area (Å²) in [7, 11) is 1.94. The summed E-state index contributed by atoms with van der Waals surface area (Å²) >= 11 is 0. The minimum atomic E-state index is 0. The second kappa shape index (κ2) is 86.1. The van der Waals surface area contributed by atoms with Crippen LogP contribution in [0.2, 0.25) is 0 Å². The molecular formula is C9H6MoN2O5. The van der Waals surface area contributed by atoms with Crippen molar-refractivity contribution in [2.75, 3.05) is 0 Å². The van der Waals surface area contributed by atoms with Crippen LogP contribution in [0.1, 0.15) is 0 Å². The molecular weight excluding hydrogens is 312 g/mol. The fourth-order valence-corrected chi connectivity index (χ4v) is 0.326. The smallest absolute Gasteiger partial charge is 0 e. The second-order valence-electron chi connectivity index (χ2n) is 1.23. The van der Waals surface area contributed by atoms with Gasteiger partial charge in [-0.3, -0.25) is 0 Å². The van der Waals surface area contributed by atoms with E-state index in [0.717, 1.165) is 0 Å². The van der Waals surface area contributed by atoms with Crippen LogP contribution < -0.4 is 0 Å². The van der Waals surface area contributed by atoms with Crippen LogP contribution in [-0.4, -0.2) is 9.55 Å². The standard InChI is InChI=1S/C4H6N2.5CO.Mo/c1-6-3-2-5-4-6;5*1-2;/h2-4H,1H3;;;;;;. The van der Waals surface area contributed by atoms with E-state index >= 15 is 0 Å². The first-order valence-electron chi connectivity index (χ1n) is 2.83. The first-order valence-corrected chi connectivity index (χ1v) is 2.83. The SMILES string of the molecule is Cn1ccnc1.[C-]#[O+].[C-]#[O+].[C-]#[O+].[C-]#[O+].[C-]#[O+].[Mo]. The Morgan fingerprint density at radius 1 is 0.824 bits per heavy atom. The van der Waals surface area contributed by atoms with Crippen LogP contribution in [0.5, 0.6) is 0 Å². The van der Waals surface area contributed by atoms with Gasteiger partial charge in [0, 0.05) is 40.5 Å². The average Bonchev–Trinajstić information content (AvgIpc) is 2.92. The molecule has 0 aliphatic heterocycles. The van der Waals surface area contributed by atoms with Crippen LogP contribution in [-0.2, 0) is 51.4 Å². The summed E-state index contributed by atoms with van der Waals surface area (Å²) in [5.41, 5.74) is 0. The van der Waals surface area contributed by atoms with Crippen molar-refractivity contribution in [3.8, 4) is 0 Å². The van der Waals surface area contributed by atoms with Gasteiger partial charge in [-0.1, -0.05) is 0 Å². The maximum atomic E-state index is 7.50. The molecule has 0 bridgehead atoms. The maximum Gasteiger partial charge on any atom is 0 e. The zero-order valence-electron chi connectivity index (χ0n) is 8.58. The minimum absolute atomic E-state index is 0. The van der Waals surface area contributed by atoms with Crippen LogP contribution in [0.15, 0.2) is 18.7 Å². The molecule has 0 saturated carbocycles. The van der Waals surface area contributed by atoms with Crippen LogP contribution in [0.3, 0.4) is 0 Å². The molecule has 7 nitrogen and oxygen atoms in total. The zero-order chi connectivity index (χ0) is 14.4. The van der Waals surface area contributed by atoms with E-state index in [1.165, 1.54) is 0 Å². The van der Waals surface area contributed by atoms with E-state index in [1.807, 2.05) is 17.8 Å². The summed E-state index contributed by atoms with van der Waals surface area (Å²) in [5.74, 6) is 0. The van der Waals surface area contributed by atoms with Crippen LogP contribution in [0.4, 0.5) is 0 Å². The molecule has 0 atom stereocenters. The molecule has 0 aliphatic rings. The Bertz CT molecular complexity index is 252. The molecule has 1 aromatic heterocycles. The van der Waals surface area contributed by atoms with Crippen molar-refractivity contribution >= 4 is 0 Å². The number of aryl methyl sites for hydroxylation is 1. The zero-order valence-corrected chi connectivity index (χ0v) is 10.6. The van der Waals surface area contributed by atoms with E-state index in [2.05, 4.69) is 38.2 Å². The fraction of sp³-hybridized carbons (Fsp3) is 0.111. The Kier molecular flexibility index (Phi) is 183. The number of nitrogens with zero attached hydrogens (tertiary/aromatic N) is 2. The predicted molar refractivity (Wildman–Crippen MR) is 42.9 cm³/mol. The van der Waals surface area contributed by atoms with Gasteiger partial charge in [0.15, 0.2) is 0 Å². The molecule has 0 radical (unpaired) electrons. The number of aromatic nitrogens is 2. The molecule has 1 heterocycles. The van der Waals surface area contributed by atoms with Crippen molar-refractivity contribution in [1.29, 1.82) is 0 Å². The molecule has 0 fully saturated rings. The minimum Gasteiger partial charge on any atom is 0 e. The third-order valence-electron chi connectivity index (χ3n) is 0.637. The Morgan fingerprint density at radius 2 is 1.12 bits per heavy atom. The van der Waals surface area contributed by atoms with Crippen molar-refractivity contribution in [2.45, 2.75) is 0 Å². The Balaban J connectivity index is -0.0000000242. The molecule has 1 aromatic rings. The van der Waals surface area contributed by atoms with Gasteiger partial charge in [-0.05, 0) is 0 Å². The fourth-order valence-electron chi connectivity index (χ4n) is 0.326. The van der Waals surface area contributed by atoms with Gasteiger partial charge in [-0.15, -0.1) is 0 Å². The number of imidazole rings is 1. The van der Waals surface area contributed by atoms with E-state index in [0.29, 0.717) is 0 Å². The summed E-state index contributed by atoms with van der Waals surface area (Å²) < 4.78 is 39.4.